The zero-order valence-corrected chi connectivity index (χ0v) is 10.6. The Morgan fingerprint density at radius 1 is 1.05 bits per heavy atom. The largest absolute Gasteiger partial charge is 0.462 e. The Labute approximate surface area is 114 Å². The minimum Gasteiger partial charge on any atom is -0.462 e. The maximum atomic E-state index is 9.77. The third kappa shape index (κ3) is 3.17. The molecule has 0 radical (unpaired) electrons. The van der Waals surface area contributed by atoms with Crippen molar-refractivity contribution >= 4 is 11.6 Å². The Bertz CT molecular complexity index is 409. The molecular weight excluding hydrogens is 276 g/mol. The van der Waals surface area contributed by atoms with Crippen LogP contribution in [0.15, 0.2) is 24.3 Å². The van der Waals surface area contributed by atoms with Gasteiger partial charge in [-0.05, 0) is 24.3 Å². The van der Waals surface area contributed by atoms with Crippen molar-refractivity contribution in [2.24, 2.45) is 0 Å². The van der Waals surface area contributed by atoms with E-state index in [1.807, 2.05) is 0 Å². The fourth-order valence-corrected chi connectivity index (χ4v) is 1.94. The predicted octanol–water partition coefficient (Wildman–Crippen LogP) is -0.481. The van der Waals surface area contributed by atoms with Crippen molar-refractivity contribution < 1.29 is 29.9 Å². The number of hydrogen-bond donors (Lipinski definition) is 4. The molecular formula is C12H15ClO6. The first kappa shape index (κ1) is 14.5. The van der Waals surface area contributed by atoms with E-state index in [-0.39, 0.29) is 0 Å². The highest BCUT2D eigenvalue weighted by molar-refractivity contribution is 6.30. The Morgan fingerprint density at radius 3 is 2.26 bits per heavy atom. The minimum absolute atomic E-state index is 0.383. The van der Waals surface area contributed by atoms with Crippen LogP contribution in [0.2, 0.25) is 5.02 Å². The number of ether oxygens (including phenoxy) is 2. The average Bonchev–Trinajstić information content (AvgIpc) is 2.42. The predicted molar refractivity (Wildman–Crippen MR) is 65.8 cm³/mol. The summed E-state index contributed by atoms with van der Waals surface area (Å²) in [5, 5.41) is 38.5. The van der Waals surface area contributed by atoms with Gasteiger partial charge in [0.15, 0.2) is 0 Å². The summed E-state index contributed by atoms with van der Waals surface area (Å²) in [4.78, 5) is 0. The second-order valence-corrected chi connectivity index (χ2v) is 4.71. The summed E-state index contributed by atoms with van der Waals surface area (Å²) in [7, 11) is 0. The van der Waals surface area contributed by atoms with Gasteiger partial charge in [-0.3, -0.25) is 0 Å². The fraction of sp³-hybridized carbons (Fsp3) is 0.500. The summed E-state index contributed by atoms with van der Waals surface area (Å²) in [5.41, 5.74) is 0. The molecule has 19 heavy (non-hydrogen) atoms. The van der Waals surface area contributed by atoms with E-state index in [0.717, 1.165) is 0 Å². The van der Waals surface area contributed by atoms with Gasteiger partial charge in [-0.25, -0.2) is 0 Å². The van der Waals surface area contributed by atoms with Gasteiger partial charge in [-0.1, -0.05) is 11.6 Å². The molecule has 1 aliphatic heterocycles. The Balaban J connectivity index is 2.08. The summed E-state index contributed by atoms with van der Waals surface area (Å²) in [6.45, 7) is -0.495. The van der Waals surface area contributed by atoms with Crippen LogP contribution >= 0.6 is 11.6 Å². The second kappa shape index (κ2) is 6.04. The van der Waals surface area contributed by atoms with Crippen LogP contribution < -0.4 is 4.74 Å². The van der Waals surface area contributed by atoms with Gasteiger partial charge in [0.1, 0.15) is 30.2 Å². The fourth-order valence-electron chi connectivity index (χ4n) is 1.81. The van der Waals surface area contributed by atoms with Gasteiger partial charge in [0.2, 0.25) is 6.29 Å². The van der Waals surface area contributed by atoms with Crippen LogP contribution in [-0.4, -0.2) is 57.7 Å². The smallest absolute Gasteiger partial charge is 0.229 e. The van der Waals surface area contributed by atoms with E-state index >= 15 is 0 Å². The lowest BCUT2D eigenvalue weighted by molar-refractivity contribution is -0.277. The first-order valence-corrected chi connectivity index (χ1v) is 6.13. The van der Waals surface area contributed by atoms with Crippen molar-refractivity contribution in [2.75, 3.05) is 6.61 Å². The standard InChI is InChI=1S/C12H15ClO6/c13-6-1-3-7(4-2-6)18-12-11(17)10(16)9(15)8(5-14)19-12/h1-4,8-12,14-17H,5H2/t8-,9-,10+,11-,12+/m1/s1. The van der Waals surface area contributed by atoms with E-state index in [2.05, 4.69) is 0 Å². The molecule has 0 bridgehead atoms. The molecule has 0 saturated carbocycles. The van der Waals surface area contributed by atoms with Crippen LogP contribution in [0, 0.1) is 0 Å². The Kier molecular flexibility index (Phi) is 4.62. The molecule has 1 fully saturated rings. The summed E-state index contributed by atoms with van der Waals surface area (Å²) in [5.74, 6) is 0.383. The zero-order valence-electron chi connectivity index (χ0n) is 9.89. The highest BCUT2D eigenvalue weighted by atomic mass is 35.5. The molecule has 1 heterocycles. The van der Waals surface area contributed by atoms with Crippen LogP contribution in [-0.2, 0) is 4.74 Å². The Morgan fingerprint density at radius 2 is 1.68 bits per heavy atom. The second-order valence-electron chi connectivity index (χ2n) is 4.27. The highest BCUT2D eigenvalue weighted by Crippen LogP contribution is 2.24. The minimum atomic E-state index is -1.46. The van der Waals surface area contributed by atoms with E-state index in [9.17, 15) is 15.3 Å². The van der Waals surface area contributed by atoms with E-state index in [1.54, 1.807) is 24.3 Å². The lowest BCUT2D eigenvalue weighted by Gasteiger charge is -2.39. The van der Waals surface area contributed by atoms with Gasteiger partial charge in [-0.2, -0.15) is 0 Å². The molecule has 0 aliphatic carbocycles. The molecule has 6 nitrogen and oxygen atoms in total. The molecule has 5 atom stereocenters. The van der Waals surface area contributed by atoms with Crippen molar-refractivity contribution in [3.8, 4) is 5.75 Å². The zero-order chi connectivity index (χ0) is 14.0. The van der Waals surface area contributed by atoms with Gasteiger partial charge < -0.3 is 29.9 Å². The molecule has 4 N–H and O–H groups in total. The molecule has 1 saturated heterocycles. The molecule has 2 rings (SSSR count). The number of aliphatic hydroxyl groups is 4. The monoisotopic (exact) mass is 290 g/mol. The molecule has 106 valence electrons. The Hall–Kier alpha value is -0.890. The summed E-state index contributed by atoms with van der Waals surface area (Å²) < 4.78 is 10.6. The number of hydrogen-bond acceptors (Lipinski definition) is 6. The first-order valence-electron chi connectivity index (χ1n) is 5.75. The maximum absolute atomic E-state index is 9.77. The number of benzene rings is 1. The van der Waals surface area contributed by atoms with E-state index < -0.39 is 37.3 Å². The molecule has 1 aromatic carbocycles. The van der Waals surface area contributed by atoms with E-state index in [4.69, 9.17) is 26.2 Å². The highest BCUT2D eigenvalue weighted by Gasteiger charge is 2.44. The van der Waals surface area contributed by atoms with Crippen LogP contribution in [0.4, 0.5) is 0 Å². The lowest BCUT2D eigenvalue weighted by Crippen LogP contribution is -2.60. The molecule has 0 aromatic heterocycles. The van der Waals surface area contributed by atoms with Crippen LogP contribution in [0.1, 0.15) is 0 Å². The molecule has 0 amide bonds. The summed E-state index contributed by atoms with van der Waals surface area (Å²) in [6, 6.07) is 6.34. The van der Waals surface area contributed by atoms with E-state index in [0.29, 0.717) is 10.8 Å². The van der Waals surface area contributed by atoms with Gasteiger partial charge in [0, 0.05) is 5.02 Å². The van der Waals surface area contributed by atoms with Gasteiger partial charge in [-0.15, -0.1) is 0 Å². The molecule has 1 aromatic rings. The third-order valence-electron chi connectivity index (χ3n) is 2.91. The van der Waals surface area contributed by atoms with Crippen LogP contribution in [0.25, 0.3) is 0 Å². The van der Waals surface area contributed by atoms with Crippen molar-refractivity contribution in [1.29, 1.82) is 0 Å². The molecule has 0 spiro atoms. The van der Waals surface area contributed by atoms with E-state index in [1.165, 1.54) is 0 Å². The first-order chi connectivity index (χ1) is 9.02. The van der Waals surface area contributed by atoms with Crippen molar-refractivity contribution in [3.63, 3.8) is 0 Å². The number of halogens is 1. The van der Waals surface area contributed by atoms with Gasteiger partial charge in [0.05, 0.1) is 6.61 Å². The van der Waals surface area contributed by atoms with Crippen LogP contribution in [0.5, 0.6) is 5.75 Å². The SMILES string of the molecule is OC[C@H]1O[C@H](Oc2ccc(Cl)cc2)[C@H](O)[C@@H](O)[C@@H]1O. The average molecular weight is 291 g/mol. The third-order valence-corrected chi connectivity index (χ3v) is 3.17. The van der Waals surface area contributed by atoms with Crippen molar-refractivity contribution in [2.45, 2.75) is 30.7 Å². The lowest BCUT2D eigenvalue weighted by atomic mass is 9.99. The van der Waals surface area contributed by atoms with Gasteiger partial charge >= 0.3 is 0 Å². The number of rotatable bonds is 3. The maximum Gasteiger partial charge on any atom is 0.229 e. The molecule has 7 heteroatoms. The number of aliphatic hydroxyl groups excluding tert-OH is 4. The quantitative estimate of drug-likeness (QED) is 0.600. The van der Waals surface area contributed by atoms with Crippen molar-refractivity contribution in [3.05, 3.63) is 29.3 Å². The van der Waals surface area contributed by atoms with Crippen LogP contribution in [0.3, 0.4) is 0 Å². The molecule has 1 aliphatic rings. The van der Waals surface area contributed by atoms with Crippen molar-refractivity contribution in [1.82, 2.24) is 0 Å². The van der Waals surface area contributed by atoms with Gasteiger partial charge in [0.25, 0.3) is 0 Å². The topological polar surface area (TPSA) is 99.4 Å². The molecule has 0 unspecified atom stereocenters. The normalized spacial score (nSPS) is 35.1. The summed E-state index contributed by atoms with van der Waals surface area (Å²) in [6.07, 6.45) is -6.45. The summed E-state index contributed by atoms with van der Waals surface area (Å²) >= 11 is 5.73.